The summed E-state index contributed by atoms with van der Waals surface area (Å²) in [6.07, 6.45) is 4.55. The van der Waals surface area contributed by atoms with E-state index in [1.165, 1.54) is 17.3 Å². The number of hydrogen-bond acceptors (Lipinski definition) is 5. The minimum atomic E-state index is -0.712. The van der Waals surface area contributed by atoms with Gasteiger partial charge in [0.05, 0.1) is 11.3 Å². The molecule has 1 fully saturated rings. The van der Waals surface area contributed by atoms with Gasteiger partial charge in [0.2, 0.25) is 11.1 Å². The Kier molecular flexibility index (Phi) is 5.62. The average molecular weight is 369 g/mol. The van der Waals surface area contributed by atoms with Crippen molar-refractivity contribution in [3.8, 4) is 17.5 Å². The van der Waals surface area contributed by atoms with Gasteiger partial charge in [-0.25, -0.2) is 4.98 Å². The molecule has 1 aliphatic rings. The molecule has 1 aliphatic carbocycles. The van der Waals surface area contributed by atoms with E-state index in [0.717, 1.165) is 37.7 Å². The number of carbonyl (C=O) groups is 1. The first kappa shape index (κ1) is 18.5. The van der Waals surface area contributed by atoms with E-state index in [1.54, 1.807) is 0 Å². The second kappa shape index (κ2) is 7.92. The molecule has 6 nitrogen and oxygen atoms in total. The van der Waals surface area contributed by atoms with E-state index in [1.807, 2.05) is 38.1 Å². The molecule has 1 heterocycles. The number of nitrogens with zero attached hydrogens (tertiary/aromatic N) is 3. The molecule has 0 saturated heterocycles. The fourth-order valence-corrected chi connectivity index (χ4v) is 3.83. The molecule has 0 spiro atoms. The van der Waals surface area contributed by atoms with Crippen LogP contribution >= 0.6 is 11.8 Å². The molecule has 1 atom stereocenters. The molecule has 0 unspecified atom stereocenters. The zero-order chi connectivity index (χ0) is 18.6. The number of amides is 1. The first-order chi connectivity index (χ1) is 12.5. The Bertz CT molecular complexity index is 802. The monoisotopic (exact) mass is 369 g/mol. The van der Waals surface area contributed by atoms with Gasteiger partial charge in [-0.2, -0.15) is 5.26 Å². The molecule has 2 aromatic rings. The van der Waals surface area contributed by atoms with Gasteiger partial charge in [0, 0.05) is 5.56 Å². The normalized spacial score (nSPS) is 17.3. The molecular formula is C19H23N5OS. The number of aromatic nitrogens is 3. The largest absolute Gasteiger partial charge is 0.337 e. The van der Waals surface area contributed by atoms with Crippen LogP contribution in [-0.2, 0) is 4.79 Å². The average Bonchev–Trinajstić information content (AvgIpc) is 3.11. The molecule has 0 aliphatic heterocycles. The third kappa shape index (κ3) is 4.25. The van der Waals surface area contributed by atoms with Crippen molar-refractivity contribution >= 4 is 17.7 Å². The molecular weight excluding hydrogens is 346 g/mol. The highest BCUT2D eigenvalue weighted by Gasteiger charge is 2.35. The van der Waals surface area contributed by atoms with Crippen LogP contribution < -0.4 is 5.32 Å². The number of aryl methyl sites for hydroxylation is 1. The quantitative estimate of drug-likeness (QED) is 0.785. The van der Waals surface area contributed by atoms with Gasteiger partial charge in [-0.1, -0.05) is 60.9 Å². The number of rotatable bonds is 5. The summed E-state index contributed by atoms with van der Waals surface area (Å²) in [6.45, 7) is 3.85. The van der Waals surface area contributed by atoms with E-state index in [9.17, 15) is 10.1 Å². The molecule has 1 saturated carbocycles. The smallest absolute Gasteiger partial charge is 0.234 e. The summed E-state index contributed by atoms with van der Waals surface area (Å²) in [6, 6.07) is 10.3. The molecule has 1 amide bonds. The summed E-state index contributed by atoms with van der Waals surface area (Å²) < 4.78 is 0. The van der Waals surface area contributed by atoms with E-state index in [2.05, 4.69) is 26.6 Å². The van der Waals surface area contributed by atoms with Gasteiger partial charge in [0.25, 0.3) is 0 Å². The lowest BCUT2D eigenvalue weighted by Gasteiger charge is -2.32. The Hall–Kier alpha value is -2.33. The number of nitrogens with one attached hydrogen (secondary N) is 2. The second-order valence-corrected chi connectivity index (χ2v) is 8.14. The van der Waals surface area contributed by atoms with Crippen LogP contribution in [0.2, 0.25) is 0 Å². The Morgan fingerprint density at radius 1 is 1.31 bits per heavy atom. The van der Waals surface area contributed by atoms with Gasteiger partial charge in [0.15, 0.2) is 5.82 Å². The zero-order valence-electron chi connectivity index (χ0n) is 15.1. The zero-order valence-corrected chi connectivity index (χ0v) is 15.9. The first-order valence-corrected chi connectivity index (χ1v) is 9.79. The van der Waals surface area contributed by atoms with Crippen LogP contribution in [0, 0.1) is 18.3 Å². The van der Waals surface area contributed by atoms with Crippen molar-refractivity contribution in [1.82, 2.24) is 20.5 Å². The predicted octanol–water partition coefficient (Wildman–Crippen LogP) is 3.60. The molecule has 3 rings (SSSR count). The summed E-state index contributed by atoms with van der Waals surface area (Å²) >= 11 is 1.29. The lowest BCUT2D eigenvalue weighted by Crippen LogP contribution is -2.50. The van der Waals surface area contributed by atoms with Crippen molar-refractivity contribution in [2.75, 3.05) is 0 Å². The summed E-state index contributed by atoms with van der Waals surface area (Å²) in [5.41, 5.74) is 1.43. The van der Waals surface area contributed by atoms with E-state index in [4.69, 9.17) is 0 Å². The van der Waals surface area contributed by atoms with Gasteiger partial charge in [-0.15, -0.1) is 5.10 Å². The fraction of sp³-hybridized carbons (Fsp3) is 0.474. The number of nitriles is 1. The summed E-state index contributed by atoms with van der Waals surface area (Å²) in [4.78, 5) is 17.0. The van der Waals surface area contributed by atoms with Crippen molar-refractivity contribution in [3.05, 3.63) is 29.8 Å². The van der Waals surface area contributed by atoms with Crippen molar-refractivity contribution in [2.45, 2.75) is 61.9 Å². The van der Waals surface area contributed by atoms with E-state index in [-0.39, 0.29) is 11.2 Å². The van der Waals surface area contributed by atoms with Crippen LogP contribution in [0.25, 0.3) is 11.4 Å². The molecule has 26 heavy (non-hydrogen) atoms. The molecule has 0 bridgehead atoms. The lowest BCUT2D eigenvalue weighted by atomic mass is 9.83. The van der Waals surface area contributed by atoms with E-state index >= 15 is 0 Å². The lowest BCUT2D eigenvalue weighted by molar-refractivity contribution is -0.121. The minimum absolute atomic E-state index is 0.139. The molecule has 0 radical (unpaired) electrons. The Labute approximate surface area is 157 Å². The topological polar surface area (TPSA) is 94.5 Å². The molecule has 1 aromatic carbocycles. The second-order valence-electron chi connectivity index (χ2n) is 6.84. The maximum absolute atomic E-state index is 12.5. The van der Waals surface area contributed by atoms with Gasteiger partial charge >= 0.3 is 0 Å². The van der Waals surface area contributed by atoms with Gasteiger partial charge in [-0.05, 0) is 26.7 Å². The first-order valence-electron chi connectivity index (χ1n) is 8.91. The maximum atomic E-state index is 12.5. The van der Waals surface area contributed by atoms with Gasteiger partial charge in [0.1, 0.15) is 5.54 Å². The number of H-pyrrole nitrogens is 1. The van der Waals surface area contributed by atoms with E-state index < -0.39 is 5.54 Å². The van der Waals surface area contributed by atoms with Crippen molar-refractivity contribution in [3.63, 3.8) is 0 Å². The highest BCUT2D eigenvalue weighted by Crippen LogP contribution is 2.29. The third-order valence-electron chi connectivity index (χ3n) is 4.72. The molecule has 2 N–H and O–H groups in total. The molecule has 7 heteroatoms. The predicted molar refractivity (Wildman–Crippen MR) is 101 cm³/mol. The van der Waals surface area contributed by atoms with Crippen LogP contribution in [0.4, 0.5) is 0 Å². The van der Waals surface area contributed by atoms with Crippen LogP contribution in [0.5, 0.6) is 0 Å². The SMILES string of the molecule is Cc1ccc(-c2nc(S[C@H](C)C(=O)NC3(C#N)CCCCC3)n[nH]2)cc1. The van der Waals surface area contributed by atoms with Gasteiger partial charge < -0.3 is 5.32 Å². The Morgan fingerprint density at radius 2 is 2.00 bits per heavy atom. The molecule has 136 valence electrons. The number of benzene rings is 1. The van der Waals surface area contributed by atoms with Crippen LogP contribution in [0.1, 0.15) is 44.6 Å². The summed E-state index contributed by atoms with van der Waals surface area (Å²) in [5.74, 6) is 0.543. The van der Waals surface area contributed by atoms with Crippen LogP contribution in [0.3, 0.4) is 0 Å². The summed E-state index contributed by atoms with van der Waals surface area (Å²) in [7, 11) is 0. The van der Waals surface area contributed by atoms with Gasteiger partial charge in [-0.3, -0.25) is 9.89 Å². The Morgan fingerprint density at radius 3 is 2.65 bits per heavy atom. The number of carbonyl (C=O) groups excluding carboxylic acids is 1. The summed E-state index contributed by atoms with van der Waals surface area (Å²) in [5, 5.41) is 19.7. The standard InChI is InChI=1S/C19H23N5OS/c1-13-6-8-15(9-7-13)16-21-18(24-23-16)26-14(2)17(25)22-19(12-20)10-4-3-5-11-19/h6-9,14H,3-5,10-11H2,1-2H3,(H,22,25)(H,21,23,24)/t14-/m1/s1. The van der Waals surface area contributed by atoms with Crippen LogP contribution in [0.15, 0.2) is 29.4 Å². The highest BCUT2D eigenvalue weighted by atomic mass is 32.2. The number of aromatic amines is 1. The Balaban J connectivity index is 1.62. The van der Waals surface area contributed by atoms with Crippen LogP contribution in [-0.4, -0.2) is 31.9 Å². The maximum Gasteiger partial charge on any atom is 0.234 e. The number of hydrogen-bond donors (Lipinski definition) is 2. The van der Waals surface area contributed by atoms with E-state index in [0.29, 0.717) is 11.0 Å². The third-order valence-corrected chi connectivity index (χ3v) is 5.69. The number of thioether (sulfide) groups is 1. The molecule has 1 aromatic heterocycles. The van der Waals surface area contributed by atoms with Crippen molar-refractivity contribution in [2.24, 2.45) is 0 Å². The van der Waals surface area contributed by atoms with Crippen molar-refractivity contribution < 1.29 is 4.79 Å². The highest BCUT2D eigenvalue weighted by molar-refractivity contribution is 8.00. The van der Waals surface area contributed by atoms with Crippen molar-refractivity contribution in [1.29, 1.82) is 5.26 Å². The fourth-order valence-electron chi connectivity index (χ4n) is 3.11. The minimum Gasteiger partial charge on any atom is -0.337 e.